The topological polar surface area (TPSA) is 0 Å². The van der Waals surface area contributed by atoms with Gasteiger partial charge in [0.25, 0.3) is 0 Å². The first-order valence-corrected chi connectivity index (χ1v) is 6.23. The monoisotopic (exact) mass is 164 g/mol. The summed E-state index contributed by atoms with van der Waals surface area (Å²) in [6.45, 7) is 0. The minimum Gasteiger partial charge on any atom is -0.0744 e. The summed E-state index contributed by atoms with van der Waals surface area (Å²) >= 11 is 0. The maximum atomic E-state index is 2.52. The van der Waals surface area contributed by atoms with E-state index in [2.05, 4.69) is 12.2 Å². The molecule has 2 aliphatic carbocycles. The van der Waals surface area contributed by atoms with Gasteiger partial charge in [-0.05, 0) is 42.7 Å². The van der Waals surface area contributed by atoms with Crippen molar-refractivity contribution in [2.75, 3.05) is 0 Å². The molecule has 60 valence electrons. The molecule has 0 aromatic rings. The van der Waals surface area contributed by atoms with Gasteiger partial charge < -0.3 is 0 Å². The Morgan fingerprint density at radius 2 is 1.73 bits per heavy atom. The van der Waals surface area contributed by atoms with Crippen molar-refractivity contribution in [3.05, 3.63) is 23.3 Å². The van der Waals surface area contributed by atoms with Crippen molar-refractivity contribution in [1.29, 1.82) is 0 Å². The third-order valence-electron chi connectivity index (χ3n) is 2.86. The molecule has 1 heteroatoms. The van der Waals surface area contributed by atoms with Crippen LogP contribution in [0.3, 0.4) is 0 Å². The van der Waals surface area contributed by atoms with Gasteiger partial charge in [-0.15, -0.1) is 0 Å². The molecular formula is C10H16Si. The fraction of sp³-hybridized carbons (Fsp3) is 0.600. The number of hydrogen-bond acceptors (Lipinski definition) is 0. The average Bonchev–Trinajstić information content (AvgIpc) is 2.46. The average molecular weight is 164 g/mol. The number of rotatable bonds is 1. The van der Waals surface area contributed by atoms with Crippen molar-refractivity contribution in [1.82, 2.24) is 0 Å². The van der Waals surface area contributed by atoms with E-state index in [0.29, 0.717) is 0 Å². The molecule has 0 aromatic heterocycles. The summed E-state index contributed by atoms with van der Waals surface area (Å²) in [6, 6.07) is 1.42. The van der Waals surface area contributed by atoms with E-state index in [-0.39, 0.29) is 0 Å². The Labute approximate surface area is 71.8 Å². The van der Waals surface area contributed by atoms with Gasteiger partial charge in [0.15, 0.2) is 0 Å². The predicted octanol–water partition coefficient (Wildman–Crippen LogP) is 1.83. The third kappa shape index (κ3) is 1.34. The van der Waals surface area contributed by atoms with Crippen molar-refractivity contribution in [3.8, 4) is 0 Å². The molecule has 2 aliphatic rings. The minimum atomic E-state index is 0.838. The standard InChI is InChI=1S/C10H16Si/c11-7-8-5-9-3-1-2-4-10(9)6-8/h5-6,8H,1-4,7H2,11H3. The van der Waals surface area contributed by atoms with Crippen molar-refractivity contribution in [2.45, 2.75) is 31.7 Å². The van der Waals surface area contributed by atoms with Gasteiger partial charge in [0.2, 0.25) is 0 Å². The maximum absolute atomic E-state index is 2.52. The van der Waals surface area contributed by atoms with E-state index in [4.69, 9.17) is 0 Å². The molecule has 0 unspecified atom stereocenters. The lowest BCUT2D eigenvalue weighted by molar-refractivity contribution is 0.682. The van der Waals surface area contributed by atoms with Crippen LogP contribution in [0.4, 0.5) is 0 Å². The Kier molecular flexibility index (Phi) is 1.99. The quantitative estimate of drug-likeness (QED) is 0.519. The molecule has 0 radical (unpaired) electrons. The zero-order chi connectivity index (χ0) is 7.68. The fourth-order valence-electron chi connectivity index (χ4n) is 2.13. The summed E-state index contributed by atoms with van der Waals surface area (Å²) in [7, 11) is 1.35. The molecule has 0 saturated heterocycles. The Morgan fingerprint density at radius 1 is 1.18 bits per heavy atom. The molecule has 0 bridgehead atoms. The molecule has 0 amide bonds. The molecule has 11 heavy (non-hydrogen) atoms. The number of fused-ring (bicyclic) bond motifs is 1. The maximum Gasteiger partial charge on any atom is 0.00394 e. The molecule has 0 aromatic carbocycles. The highest BCUT2D eigenvalue weighted by Crippen LogP contribution is 2.36. The molecule has 1 fully saturated rings. The third-order valence-corrected chi connectivity index (χ3v) is 3.80. The largest absolute Gasteiger partial charge is 0.0744 e. The van der Waals surface area contributed by atoms with Crippen LogP contribution in [0.25, 0.3) is 0 Å². The van der Waals surface area contributed by atoms with Crippen molar-refractivity contribution >= 4 is 10.2 Å². The second-order valence-electron chi connectivity index (χ2n) is 3.66. The summed E-state index contributed by atoms with van der Waals surface area (Å²) < 4.78 is 0. The molecule has 0 heterocycles. The zero-order valence-electron chi connectivity index (χ0n) is 7.27. The first kappa shape index (κ1) is 7.35. The van der Waals surface area contributed by atoms with Crippen molar-refractivity contribution in [3.63, 3.8) is 0 Å². The van der Waals surface area contributed by atoms with E-state index in [1.54, 1.807) is 11.1 Å². The number of hydrogen-bond donors (Lipinski definition) is 0. The van der Waals surface area contributed by atoms with Crippen LogP contribution >= 0.6 is 0 Å². The molecule has 2 rings (SSSR count). The normalized spacial score (nSPS) is 24.7. The summed E-state index contributed by atoms with van der Waals surface area (Å²) in [5, 5.41) is 0. The molecule has 0 nitrogen and oxygen atoms in total. The highest BCUT2D eigenvalue weighted by molar-refractivity contribution is 6.09. The van der Waals surface area contributed by atoms with Crippen LogP contribution in [-0.4, -0.2) is 10.2 Å². The van der Waals surface area contributed by atoms with Crippen LogP contribution in [0.2, 0.25) is 6.04 Å². The summed E-state index contributed by atoms with van der Waals surface area (Å²) in [5.41, 5.74) is 3.38. The lowest BCUT2D eigenvalue weighted by Gasteiger charge is -2.13. The number of allylic oxidation sites excluding steroid dienone is 4. The first-order chi connectivity index (χ1) is 5.40. The molecule has 0 N–H and O–H groups in total. The zero-order valence-corrected chi connectivity index (χ0v) is 9.27. The minimum absolute atomic E-state index is 0.838. The van der Waals surface area contributed by atoms with E-state index < -0.39 is 0 Å². The van der Waals surface area contributed by atoms with E-state index in [1.807, 2.05) is 0 Å². The Balaban J connectivity index is 2.17. The van der Waals surface area contributed by atoms with E-state index in [0.717, 1.165) is 5.92 Å². The van der Waals surface area contributed by atoms with Gasteiger partial charge in [0.1, 0.15) is 0 Å². The van der Waals surface area contributed by atoms with Crippen LogP contribution in [0.5, 0.6) is 0 Å². The van der Waals surface area contributed by atoms with Crippen molar-refractivity contribution in [2.24, 2.45) is 5.92 Å². The molecule has 0 aliphatic heterocycles. The summed E-state index contributed by atoms with van der Waals surface area (Å²) in [5.74, 6) is 0.838. The fourth-order valence-corrected chi connectivity index (χ4v) is 2.60. The van der Waals surface area contributed by atoms with Gasteiger partial charge in [-0.1, -0.05) is 18.2 Å². The lowest BCUT2D eigenvalue weighted by Crippen LogP contribution is -1.94. The van der Waals surface area contributed by atoms with Gasteiger partial charge in [-0.25, -0.2) is 0 Å². The second kappa shape index (κ2) is 2.98. The van der Waals surface area contributed by atoms with Crippen LogP contribution in [0, 0.1) is 5.92 Å². The summed E-state index contributed by atoms with van der Waals surface area (Å²) in [4.78, 5) is 0. The Bertz CT molecular complexity index is 191. The summed E-state index contributed by atoms with van der Waals surface area (Å²) in [6.07, 6.45) is 10.6. The Morgan fingerprint density at radius 3 is 2.18 bits per heavy atom. The molecule has 1 saturated carbocycles. The predicted molar refractivity (Wildman–Crippen MR) is 52.9 cm³/mol. The highest BCUT2D eigenvalue weighted by atomic mass is 28.1. The van der Waals surface area contributed by atoms with Crippen LogP contribution in [0.15, 0.2) is 23.3 Å². The van der Waals surface area contributed by atoms with Gasteiger partial charge >= 0.3 is 0 Å². The van der Waals surface area contributed by atoms with Crippen LogP contribution in [-0.2, 0) is 0 Å². The smallest absolute Gasteiger partial charge is 0.00394 e. The van der Waals surface area contributed by atoms with Crippen LogP contribution < -0.4 is 0 Å². The van der Waals surface area contributed by atoms with E-state index >= 15 is 0 Å². The van der Waals surface area contributed by atoms with Crippen LogP contribution in [0.1, 0.15) is 25.7 Å². The molecular weight excluding hydrogens is 148 g/mol. The lowest BCUT2D eigenvalue weighted by atomic mass is 9.92. The second-order valence-corrected chi connectivity index (χ2v) is 4.48. The molecule has 0 atom stereocenters. The van der Waals surface area contributed by atoms with E-state index in [9.17, 15) is 0 Å². The van der Waals surface area contributed by atoms with Crippen molar-refractivity contribution < 1.29 is 0 Å². The first-order valence-electron chi connectivity index (χ1n) is 4.82. The Hall–Kier alpha value is -0.303. The molecule has 0 spiro atoms. The van der Waals surface area contributed by atoms with Gasteiger partial charge in [0, 0.05) is 10.2 Å². The highest BCUT2D eigenvalue weighted by Gasteiger charge is 2.18. The van der Waals surface area contributed by atoms with E-state index in [1.165, 1.54) is 42.0 Å². The van der Waals surface area contributed by atoms with Gasteiger partial charge in [-0.3, -0.25) is 0 Å². The SMILES string of the molecule is [SiH3]CC1C=C2CCCCC2=C1. The van der Waals surface area contributed by atoms with Gasteiger partial charge in [-0.2, -0.15) is 0 Å². The van der Waals surface area contributed by atoms with Gasteiger partial charge in [0.05, 0.1) is 0 Å².